The average molecular weight is 492 g/mol. The number of phenolic OH excluding ortho intramolecular Hbond substituents is 1. The van der Waals surface area contributed by atoms with Crippen molar-refractivity contribution in [2.24, 2.45) is 23.3 Å². The number of aliphatic hydroxyl groups excluding tert-OH is 3. The highest BCUT2D eigenvalue weighted by Gasteiger charge is 2.67. The third kappa shape index (κ3) is 2.86. The van der Waals surface area contributed by atoms with Gasteiger partial charge in [-0.3, -0.25) is 14.4 Å². The van der Waals surface area contributed by atoms with E-state index in [9.17, 15) is 39.9 Å². The zero-order valence-electron chi connectivity index (χ0n) is 19.0. The second-order valence-corrected chi connectivity index (χ2v) is 9.51. The van der Waals surface area contributed by atoms with Crippen LogP contribution in [0.25, 0.3) is 5.76 Å². The van der Waals surface area contributed by atoms with Gasteiger partial charge in [-0.15, -0.1) is 0 Å². The molecule has 5 rings (SSSR count). The lowest BCUT2D eigenvalue weighted by Gasteiger charge is -2.52. The number of rotatable bonds is 2. The van der Waals surface area contributed by atoms with Crippen LogP contribution in [0.3, 0.4) is 0 Å². The molecule has 2 aromatic carbocycles. The van der Waals surface area contributed by atoms with E-state index < -0.39 is 75.6 Å². The SMILES string of the molecule is Cc1ccc([C@H]2c3cccc(O)c3C(O)=C3C(=O)[C@]4(O)C(O)=C(C(N)=O)C(=O)[C@@H](N)[C@@H]4[C@@H](O)[C@@H]32)cc1. The first-order valence-corrected chi connectivity index (χ1v) is 11.2. The Balaban J connectivity index is 1.84. The van der Waals surface area contributed by atoms with Gasteiger partial charge in [0, 0.05) is 17.4 Å². The number of aryl methyl sites for hydroxylation is 1. The summed E-state index contributed by atoms with van der Waals surface area (Å²) in [5, 5.41) is 55.7. The molecule has 3 aliphatic rings. The number of nitrogens with two attached hydrogens (primary N) is 2. The Morgan fingerprint density at radius 1 is 1.03 bits per heavy atom. The molecular weight excluding hydrogens is 468 g/mol. The number of phenols is 1. The van der Waals surface area contributed by atoms with Gasteiger partial charge in [0.05, 0.1) is 23.6 Å². The van der Waals surface area contributed by atoms with Gasteiger partial charge in [-0.2, -0.15) is 0 Å². The van der Waals surface area contributed by atoms with Crippen LogP contribution >= 0.6 is 0 Å². The van der Waals surface area contributed by atoms with E-state index in [2.05, 4.69) is 0 Å². The zero-order valence-corrected chi connectivity index (χ0v) is 19.0. The summed E-state index contributed by atoms with van der Waals surface area (Å²) in [7, 11) is 0. The van der Waals surface area contributed by atoms with E-state index in [1.165, 1.54) is 6.07 Å². The van der Waals surface area contributed by atoms with Gasteiger partial charge >= 0.3 is 0 Å². The predicted molar refractivity (Wildman–Crippen MR) is 125 cm³/mol. The van der Waals surface area contributed by atoms with E-state index in [4.69, 9.17) is 11.5 Å². The van der Waals surface area contributed by atoms with Gasteiger partial charge in [0.1, 0.15) is 22.8 Å². The van der Waals surface area contributed by atoms with Crippen molar-refractivity contribution in [3.8, 4) is 5.75 Å². The van der Waals surface area contributed by atoms with Crippen LogP contribution in [0.2, 0.25) is 0 Å². The number of carbonyl (C=O) groups is 3. The summed E-state index contributed by atoms with van der Waals surface area (Å²) in [6.45, 7) is 1.87. The summed E-state index contributed by atoms with van der Waals surface area (Å²) in [5.41, 5.74) is 8.60. The highest BCUT2D eigenvalue weighted by Crippen LogP contribution is 2.56. The average Bonchev–Trinajstić information content (AvgIpc) is 2.82. The second kappa shape index (κ2) is 7.76. The fourth-order valence-electron chi connectivity index (χ4n) is 5.95. The number of aromatic hydroxyl groups is 1. The van der Waals surface area contributed by atoms with Crippen LogP contribution in [0.1, 0.15) is 28.2 Å². The molecular formula is C26H24N2O8. The molecule has 1 amide bonds. The minimum Gasteiger partial charge on any atom is -0.508 e. The maximum Gasteiger partial charge on any atom is 0.255 e. The van der Waals surface area contributed by atoms with Crippen LogP contribution in [0.4, 0.5) is 0 Å². The standard InChI is InChI=1S/C26H24N2O8/c1-9-5-7-10(8-6-9)13-11-3-2-4-12(29)14(11)20(30)16-15(13)21(31)18-19(27)22(32)17(25(28)35)24(34)26(18,36)23(16)33/h2-8,13,15,18-19,21,29-31,34,36H,27H2,1H3,(H2,28,35)/t13-,15+,18+,19-,21-,26-/m0/s1. The van der Waals surface area contributed by atoms with E-state index in [1.807, 2.05) is 19.1 Å². The van der Waals surface area contributed by atoms with E-state index in [0.29, 0.717) is 11.1 Å². The molecule has 0 unspecified atom stereocenters. The molecule has 0 saturated heterocycles. The molecule has 6 atom stereocenters. The van der Waals surface area contributed by atoms with Crippen molar-refractivity contribution in [2.75, 3.05) is 0 Å². The molecule has 0 aromatic heterocycles. The predicted octanol–water partition coefficient (Wildman–Crippen LogP) is 0.230. The summed E-state index contributed by atoms with van der Waals surface area (Å²) >= 11 is 0. The Morgan fingerprint density at radius 2 is 1.67 bits per heavy atom. The molecule has 1 fully saturated rings. The Hall–Kier alpha value is -3.99. The first-order valence-electron chi connectivity index (χ1n) is 11.2. The summed E-state index contributed by atoms with van der Waals surface area (Å²) in [6.07, 6.45) is -1.75. The third-order valence-electron chi connectivity index (χ3n) is 7.62. The molecule has 0 aliphatic heterocycles. The maximum atomic E-state index is 13.9. The fraction of sp³-hybridized carbons (Fsp3) is 0.269. The second-order valence-electron chi connectivity index (χ2n) is 9.51. The molecule has 10 heteroatoms. The van der Waals surface area contributed by atoms with Crippen molar-refractivity contribution in [3.05, 3.63) is 81.6 Å². The van der Waals surface area contributed by atoms with Gasteiger partial charge < -0.3 is 37.0 Å². The molecule has 0 radical (unpaired) electrons. The van der Waals surface area contributed by atoms with Gasteiger partial charge in [-0.1, -0.05) is 42.0 Å². The molecule has 10 nitrogen and oxygen atoms in total. The van der Waals surface area contributed by atoms with Crippen molar-refractivity contribution in [2.45, 2.75) is 30.6 Å². The molecule has 1 saturated carbocycles. The molecule has 3 aliphatic carbocycles. The largest absolute Gasteiger partial charge is 0.508 e. The number of ketones is 2. The third-order valence-corrected chi connectivity index (χ3v) is 7.62. The quantitative estimate of drug-likeness (QED) is 0.286. The van der Waals surface area contributed by atoms with Crippen LogP contribution < -0.4 is 11.5 Å². The van der Waals surface area contributed by atoms with E-state index in [1.54, 1.807) is 24.3 Å². The highest BCUT2D eigenvalue weighted by atomic mass is 16.4. The summed E-state index contributed by atoms with van der Waals surface area (Å²) in [6, 6.07) is 9.87. The molecule has 0 spiro atoms. The minimum atomic E-state index is -3.02. The molecule has 2 aromatic rings. The topological polar surface area (TPSA) is 204 Å². The van der Waals surface area contributed by atoms with Crippen LogP contribution in [-0.4, -0.2) is 60.8 Å². The van der Waals surface area contributed by atoms with E-state index in [0.717, 1.165) is 5.56 Å². The lowest BCUT2D eigenvalue weighted by molar-refractivity contribution is -0.162. The number of primary amides is 1. The summed E-state index contributed by atoms with van der Waals surface area (Å²) in [4.78, 5) is 38.6. The van der Waals surface area contributed by atoms with Crippen molar-refractivity contribution in [1.29, 1.82) is 0 Å². The van der Waals surface area contributed by atoms with Gasteiger partial charge in [0.15, 0.2) is 11.4 Å². The van der Waals surface area contributed by atoms with E-state index in [-0.39, 0.29) is 11.3 Å². The molecule has 36 heavy (non-hydrogen) atoms. The number of amides is 1. The van der Waals surface area contributed by atoms with Crippen molar-refractivity contribution in [1.82, 2.24) is 0 Å². The van der Waals surface area contributed by atoms with E-state index >= 15 is 0 Å². The fourth-order valence-corrected chi connectivity index (χ4v) is 5.95. The number of fused-ring (bicyclic) bond motifs is 3. The Bertz CT molecular complexity index is 1410. The minimum absolute atomic E-state index is 0.0771. The van der Waals surface area contributed by atoms with Gasteiger partial charge in [-0.05, 0) is 24.1 Å². The van der Waals surface area contributed by atoms with Crippen molar-refractivity contribution >= 4 is 23.2 Å². The van der Waals surface area contributed by atoms with Crippen LogP contribution in [-0.2, 0) is 14.4 Å². The maximum absolute atomic E-state index is 13.9. The van der Waals surface area contributed by atoms with Gasteiger partial charge in [-0.25, -0.2) is 0 Å². The first-order chi connectivity index (χ1) is 16.9. The number of aliphatic hydroxyl groups is 4. The van der Waals surface area contributed by atoms with Crippen molar-refractivity contribution in [3.63, 3.8) is 0 Å². The Morgan fingerprint density at radius 3 is 2.28 bits per heavy atom. The number of Topliss-reactive ketones (excluding diaryl/α,β-unsaturated/α-hetero) is 2. The summed E-state index contributed by atoms with van der Waals surface area (Å²) < 4.78 is 0. The smallest absolute Gasteiger partial charge is 0.255 e. The number of carbonyl (C=O) groups excluding carboxylic acids is 3. The normalized spacial score (nSPS) is 31.6. The number of hydrogen-bond donors (Lipinski definition) is 7. The lowest BCUT2D eigenvalue weighted by atomic mass is 9.53. The van der Waals surface area contributed by atoms with Crippen molar-refractivity contribution < 1.29 is 39.9 Å². The molecule has 9 N–H and O–H groups in total. The van der Waals surface area contributed by atoms with Crippen LogP contribution in [0.15, 0.2) is 59.4 Å². The molecule has 0 bridgehead atoms. The zero-order chi connectivity index (χ0) is 26.3. The van der Waals surface area contributed by atoms with Crippen LogP contribution in [0.5, 0.6) is 5.75 Å². The number of hydrogen-bond acceptors (Lipinski definition) is 9. The summed E-state index contributed by atoms with van der Waals surface area (Å²) in [5.74, 6) is -9.96. The van der Waals surface area contributed by atoms with Crippen LogP contribution in [0, 0.1) is 18.8 Å². The lowest BCUT2D eigenvalue weighted by Crippen LogP contribution is -2.70. The molecule has 0 heterocycles. The number of benzene rings is 2. The van der Waals surface area contributed by atoms with Gasteiger partial charge in [0.25, 0.3) is 5.91 Å². The Kier molecular flexibility index (Phi) is 5.11. The highest BCUT2D eigenvalue weighted by molar-refractivity contribution is 6.24. The van der Waals surface area contributed by atoms with Gasteiger partial charge in [0.2, 0.25) is 5.78 Å². The molecule has 186 valence electrons. The first kappa shape index (κ1) is 23.7. The Labute approximate surface area is 204 Å². The monoisotopic (exact) mass is 492 g/mol.